The monoisotopic (exact) mass is 498 g/mol. The topological polar surface area (TPSA) is 34.1 Å². The summed E-state index contributed by atoms with van der Waals surface area (Å²) in [6.45, 7) is 0. The Morgan fingerprint density at radius 2 is 1.10 bits per heavy atom. The summed E-state index contributed by atoms with van der Waals surface area (Å²) in [5, 5.41) is 0. The predicted molar refractivity (Wildman–Crippen MR) is 88.0 cm³/mol. The van der Waals surface area contributed by atoms with E-state index in [1.165, 1.54) is 12.1 Å². The lowest BCUT2D eigenvalue weighted by atomic mass is 9.96. The first-order valence-corrected chi connectivity index (χ1v) is 7.52. The van der Waals surface area contributed by atoms with Crippen LogP contribution in [0.3, 0.4) is 0 Å². The highest BCUT2D eigenvalue weighted by Crippen LogP contribution is 2.35. The van der Waals surface area contributed by atoms with Gasteiger partial charge in [0.25, 0.3) is 0 Å². The Hall–Kier alpha value is -0.900. The van der Waals surface area contributed by atoms with Gasteiger partial charge in [0.05, 0.1) is 0 Å². The molecule has 0 bridgehead atoms. The Bertz CT molecular complexity index is 653. The standard InChI is InChI=1S/C14H6F2I2O2/c15-9-1-7(5-19)13(11(17)3-9)14-8(6-20)2-10(16)4-12(14)18/h1-6H. The Kier molecular flexibility index (Phi) is 4.84. The molecule has 0 unspecified atom stereocenters. The van der Waals surface area contributed by atoms with Crippen LogP contribution >= 0.6 is 45.2 Å². The molecular formula is C14H6F2I2O2. The second kappa shape index (κ2) is 6.25. The molecule has 0 aromatic heterocycles. The van der Waals surface area contributed by atoms with Gasteiger partial charge in [-0.15, -0.1) is 0 Å². The molecule has 20 heavy (non-hydrogen) atoms. The molecule has 0 radical (unpaired) electrons. The van der Waals surface area contributed by atoms with Gasteiger partial charge < -0.3 is 0 Å². The Balaban J connectivity index is 2.88. The SMILES string of the molecule is O=Cc1cc(F)cc(I)c1-c1c(I)cc(F)cc1C=O. The minimum Gasteiger partial charge on any atom is -0.298 e. The van der Waals surface area contributed by atoms with Crippen LogP contribution in [0.25, 0.3) is 11.1 Å². The quantitative estimate of drug-likeness (QED) is 0.463. The highest BCUT2D eigenvalue weighted by molar-refractivity contribution is 14.1. The number of carbonyl (C=O) groups is 2. The highest BCUT2D eigenvalue weighted by atomic mass is 127. The molecule has 0 heterocycles. The summed E-state index contributed by atoms with van der Waals surface area (Å²) in [6.07, 6.45) is 1.04. The third-order valence-electron chi connectivity index (χ3n) is 2.67. The van der Waals surface area contributed by atoms with Gasteiger partial charge in [0, 0.05) is 29.4 Å². The van der Waals surface area contributed by atoms with Crippen molar-refractivity contribution < 1.29 is 18.4 Å². The first-order valence-electron chi connectivity index (χ1n) is 5.36. The van der Waals surface area contributed by atoms with E-state index in [4.69, 9.17) is 0 Å². The van der Waals surface area contributed by atoms with Crippen molar-refractivity contribution in [3.8, 4) is 11.1 Å². The van der Waals surface area contributed by atoms with E-state index >= 15 is 0 Å². The van der Waals surface area contributed by atoms with Crippen LogP contribution in [-0.4, -0.2) is 12.6 Å². The van der Waals surface area contributed by atoms with Crippen molar-refractivity contribution in [3.63, 3.8) is 0 Å². The molecule has 0 amide bonds. The highest BCUT2D eigenvalue weighted by Gasteiger charge is 2.18. The Morgan fingerprint density at radius 3 is 1.40 bits per heavy atom. The van der Waals surface area contributed by atoms with Crippen molar-refractivity contribution in [2.24, 2.45) is 0 Å². The molecule has 0 aliphatic rings. The largest absolute Gasteiger partial charge is 0.298 e. The molecule has 0 fully saturated rings. The van der Waals surface area contributed by atoms with Crippen molar-refractivity contribution in [2.75, 3.05) is 0 Å². The van der Waals surface area contributed by atoms with Crippen LogP contribution in [-0.2, 0) is 0 Å². The molecule has 0 aliphatic heterocycles. The lowest BCUT2D eigenvalue weighted by Gasteiger charge is -2.13. The van der Waals surface area contributed by atoms with Crippen LogP contribution in [0, 0.1) is 18.8 Å². The number of rotatable bonds is 3. The van der Waals surface area contributed by atoms with Gasteiger partial charge in [0.1, 0.15) is 11.6 Å². The zero-order valence-corrected chi connectivity index (χ0v) is 14.1. The van der Waals surface area contributed by atoms with Gasteiger partial charge in [-0.1, -0.05) is 0 Å². The van der Waals surface area contributed by atoms with E-state index in [9.17, 15) is 18.4 Å². The summed E-state index contributed by atoms with van der Waals surface area (Å²) in [7, 11) is 0. The van der Waals surface area contributed by atoms with Crippen molar-refractivity contribution in [2.45, 2.75) is 0 Å². The van der Waals surface area contributed by atoms with Crippen LogP contribution in [0.2, 0.25) is 0 Å². The number of carbonyl (C=O) groups excluding carboxylic acids is 2. The first kappa shape index (κ1) is 15.5. The van der Waals surface area contributed by atoms with Gasteiger partial charge in [-0.2, -0.15) is 0 Å². The van der Waals surface area contributed by atoms with Gasteiger partial charge in [-0.25, -0.2) is 8.78 Å². The average Bonchev–Trinajstić information content (AvgIpc) is 2.38. The van der Waals surface area contributed by atoms with Crippen molar-refractivity contribution in [1.29, 1.82) is 0 Å². The van der Waals surface area contributed by atoms with E-state index in [1.807, 2.05) is 45.2 Å². The molecule has 2 aromatic rings. The fourth-order valence-electron chi connectivity index (χ4n) is 1.90. The smallest absolute Gasteiger partial charge is 0.150 e. The number of aldehydes is 2. The molecule has 102 valence electrons. The van der Waals surface area contributed by atoms with Gasteiger partial charge in [0.2, 0.25) is 0 Å². The number of halogens is 4. The minimum atomic E-state index is -0.537. The van der Waals surface area contributed by atoms with E-state index in [0.717, 1.165) is 12.1 Å². The summed E-state index contributed by atoms with van der Waals surface area (Å²) in [5.74, 6) is -1.07. The van der Waals surface area contributed by atoms with Crippen LogP contribution < -0.4 is 0 Å². The van der Waals surface area contributed by atoms with Crippen molar-refractivity contribution in [1.82, 2.24) is 0 Å². The molecule has 0 aliphatic carbocycles. The van der Waals surface area contributed by atoms with Crippen LogP contribution in [0.1, 0.15) is 20.7 Å². The third kappa shape index (κ3) is 2.90. The predicted octanol–water partition coefficient (Wildman–Crippen LogP) is 4.47. The summed E-state index contributed by atoms with van der Waals surface area (Å²) in [5.41, 5.74) is 1.13. The van der Waals surface area contributed by atoms with E-state index in [0.29, 0.717) is 30.8 Å². The van der Waals surface area contributed by atoms with E-state index in [1.54, 1.807) is 0 Å². The molecule has 2 aromatic carbocycles. The molecule has 0 saturated heterocycles. The minimum absolute atomic E-state index is 0.127. The number of benzene rings is 2. The van der Waals surface area contributed by atoms with E-state index < -0.39 is 11.6 Å². The molecular weight excluding hydrogens is 492 g/mol. The summed E-state index contributed by atoms with van der Waals surface area (Å²) >= 11 is 3.77. The first-order chi connectivity index (χ1) is 9.47. The lowest BCUT2D eigenvalue weighted by molar-refractivity contribution is 0.111. The average molecular weight is 498 g/mol. The maximum Gasteiger partial charge on any atom is 0.150 e. The maximum absolute atomic E-state index is 13.4. The normalized spacial score (nSPS) is 10.4. The van der Waals surface area contributed by atoms with E-state index in [2.05, 4.69) is 0 Å². The van der Waals surface area contributed by atoms with Gasteiger partial charge >= 0.3 is 0 Å². The van der Waals surface area contributed by atoms with Crippen molar-refractivity contribution >= 4 is 57.8 Å². The zero-order valence-electron chi connectivity index (χ0n) is 9.79. The van der Waals surface area contributed by atoms with Gasteiger partial charge in [0.15, 0.2) is 12.6 Å². The Labute approximate surface area is 140 Å². The lowest BCUT2D eigenvalue weighted by Crippen LogP contribution is -2.00. The maximum atomic E-state index is 13.4. The second-order valence-electron chi connectivity index (χ2n) is 3.94. The summed E-state index contributed by atoms with van der Waals surface area (Å²) in [4.78, 5) is 22.3. The summed E-state index contributed by atoms with van der Waals surface area (Å²) < 4.78 is 27.7. The van der Waals surface area contributed by atoms with Crippen LogP contribution in [0.4, 0.5) is 8.78 Å². The molecule has 2 rings (SSSR count). The van der Waals surface area contributed by atoms with Gasteiger partial charge in [-0.05, 0) is 69.4 Å². The van der Waals surface area contributed by atoms with Crippen molar-refractivity contribution in [3.05, 3.63) is 54.2 Å². The molecule has 6 heteroatoms. The fourth-order valence-corrected chi connectivity index (χ4v) is 3.66. The van der Waals surface area contributed by atoms with Crippen LogP contribution in [0.5, 0.6) is 0 Å². The summed E-state index contributed by atoms with van der Waals surface area (Å²) in [6, 6.07) is 4.71. The van der Waals surface area contributed by atoms with Gasteiger partial charge in [-0.3, -0.25) is 9.59 Å². The Morgan fingerprint density at radius 1 is 0.750 bits per heavy atom. The molecule has 2 nitrogen and oxygen atoms in total. The second-order valence-corrected chi connectivity index (χ2v) is 6.26. The number of hydrogen-bond donors (Lipinski definition) is 0. The molecule has 0 atom stereocenters. The van der Waals surface area contributed by atoms with E-state index in [-0.39, 0.29) is 11.1 Å². The molecule has 0 N–H and O–H groups in total. The third-order valence-corrected chi connectivity index (χ3v) is 4.38. The zero-order chi connectivity index (χ0) is 14.9. The molecule has 0 saturated carbocycles. The fraction of sp³-hybridized carbons (Fsp3) is 0. The number of hydrogen-bond acceptors (Lipinski definition) is 2. The molecule has 0 spiro atoms. The van der Waals surface area contributed by atoms with Crippen LogP contribution in [0.15, 0.2) is 24.3 Å².